The second-order valence-electron chi connectivity index (χ2n) is 7.52. The first-order chi connectivity index (χ1) is 13.8. The molecule has 0 spiro atoms. The van der Waals surface area contributed by atoms with Crippen LogP contribution in [0.15, 0.2) is 34.7 Å². The molecular formula is C21H25N5O2. The normalized spacial score (nSPS) is 18.8. The average Bonchev–Trinajstić information content (AvgIpc) is 3.18. The maximum Gasteiger partial charge on any atom is 0.298 e. The first-order valence-corrected chi connectivity index (χ1v) is 10.0. The van der Waals surface area contributed by atoms with Gasteiger partial charge in [0.1, 0.15) is 17.2 Å². The number of rotatable bonds is 3. The third-order valence-corrected chi connectivity index (χ3v) is 5.64. The van der Waals surface area contributed by atoms with E-state index in [0.29, 0.717) is 11.9 Å². The van der Waals surface area contributed by atoms with Crippen LogP contribution in [0, 0.1) is 6.92 Å². The molecule has 146 valence electrons. The molecule has 2 aliphatic heterocycles. The van der Waals surface area contributed by atoms with Crippen molar-refractivity contribution in [3.05, 3.63) is 41.9 Å². The third kappa shape index (κ3) is 3.42. The monoisotopic (exact) mass is 379 g/mol. The van der Waals surface area contributed by atoms with Crippen LogP contribution in [0.2, 0.25) is 0 Å². The highest BCUT2D eigenvalue weighted by Gasteiger charge is 2.24. The molecule has 7 heteroatoms. The van der Waals surface area contributed by atoms with Crippen LogP contribution in [0.5, 0.6) is 0 Å². The summed E-state index contributed by atoms with van der Waals surface area (Å²) in [7, 11) is 0. The lowest BCUT2D eigenvalue weighted by atomic mass is 9.96. The van der Waals surface area contributed by atoms with E-state index < -0.39 is 0 Å². The van der Waals surface area contributed by atoms with Gasteiger partial charge in [-0.25, -0.2) is 9.97 Å². The lowest BCUT2D eigenvalue weighted by Gasteiger charge is -2.35. The molecule has 1 aromatic carbocycles. The average molecular weight is 379 g/mol. The van der Waals surface area contributed by atoms with Crippen LogP contribution in [0.1, 0.15) is 30.3 Å². The first-order valence-electron chi connectivity index (χ1n) is 10.0. The van der Waals surface area contributed by atoms with E-state index in [-0.39, 0.29) is 0 Å². The minimum Gasteiger partial charge on any atom is -0.423 e. The minimum absolute atomic E-state index is 0.482. The summed E-state index contributed by atoms with van der Waals surface area (Å²) in [6, 6.07) is 10.8. The summed E-state index contributed by atoms with van der Waals surface area (Å²) in [6.45, 7) is 7.15. The Morgan fingerprint density at radius 1 is 0.929 bits per heavy atom. The summed E-state index contributed by atoms with van der Waals surface area (Å²) in [5.74, 6) is 2.36. The highest BCUT2D eigenvalue weighted by atomic mass is 16.5. The van der Waals surface area contributed by atoms with Gasteiger partial charge in [-0.3, -0.25) is 0 Å². The van der Waals surface area contributed by atoms with Gasteiger partial charge in [0.05, 0.1) is 0 Å². The number of aromatic nitrogens is 3. The van der Waals surface area contributed by atoms with Gasteiger partial charge in [-0.1, -0.05) is 12.1 Å². The SMILES string of the molecule is Cc1nc(C2CCOCC2)cc(N2CCN(c3nc4ccccc4o3)CC2)n1. The number of anilines is 2. The van der Waals surface area contributed by atoms with Crippen molar-refractivity contribution < 1.29 is 9.15 Å². The van der Waals surface area contributed by atoms with E-state index in [9.17, 15) is 0 Å². The number of hydrogen-bond acceptors (Lipinski definition) is 7. The highest BCUT2D eigenvalue weighted by Crippen LogP contribution is 2.28. The van der Waals surface area contributed by atoms with Crippen molar-refractivity contribution in [1.29, 1.82) is 0 Å². The first kappa shape index (κ1) is 17.4. The summed E-state index contributed by atoms with van der Waals surface area (Å²) >= 11 is 0. The molecule has 0 atom stereocenters. The Hall–Kier alpha value is -2.67. The van der Waals surface area contributed by atoms with E-state index >= 15 is 0 Å². The second-order valence-corrected chi connectivity index (χ2v) is 7.52. The molecule has 2 aliphatic rings. The molecule has 28 heavy (non-hydrogen) atoms. The quantitative estimate of drug-likeness (QED) is 0.692. The molecule has 0 bridgehead atoms. The van der Waals surface area contributed by atoms with Crippen molar-refractivity contribution in [1.82, 2.24) is 15.0 Å². The fourth-order valence-electron chi connectivity index (χ4n) is 4.06. The van der Waals surface area contributed by atoms with Gasteiger partial charge in [-0.2, -0.15) is 4.98 Å². The highest BCUT2D eigenvalue weighted by molar-refractivity contribution is 5.74. The Bertz CT molecular complexity index is 925. The number of oxazole rings is 1. The van der Waals surface area contributed by atoms with Crippen molar-refractivity contribution >= 4 is 22.9 Å². The van der Waals surface area contributed by atoms with Gasteiger partial charge in [0.25, 0.3) is 6.01 Å². The standard InChI is InChI=1S/C21H25N5O2/c1-15-22-18(16-6-12-27-13-7-16)14-20(23-15)25-8-10-26(11-9-25)21-24-17-4-2-3-5-19(17)28-21/h2-5,14,16H,6-13H2,1H3. The van der Waals surface area contributed by atoms with Gasteiger partial charge in [0.2, 0.25) is 0 Å². The van der Waals surface area contributed by atoms with Crippen molar-refractivity contribution in [3.8, 4) is 0 Å². The van der Waals surface area contributed by atoms with Crippen molar-refractivity contribution in [2.45, 2.75) is 25.7 Å². The van der Waals surface area contributed by atoms with Crippen LogP contribution in [0.25, 0.3) is 11.1 Å². The Morgan fingerprint density at radius 3 is 2.46 bits per heavy atom. The molecule has 5 rings (SSSR count). The Balaban J connectivity index is 1.30. The van der Waals surface area contributed by atoms with Gasteiger partial charge < -0.3 is 19.0 Å². The molecule has 0 N–H and O–H groups in total. The van der Waals surface area contributed by atoms with E-state index in [1.165, 1.54) is 0 Å². The number of hydrogen-bond donors (Lipinski definition) is 0. The predicted octanol–water partition coefficient (Wildman–Crippen LogP) is 3.15. The largest absolute Gasteiger partial charge is 0.423 e. The zero-order valence-corrected chi connectivity index (χ0v) is 16.2. The number of ether oxygens (including phenoxy) is 1. The summed E-state index contributed by atoms with van der Waals surface area (Å²) in [6.07, 6.45) is 2.09. The van der Waals surface area contributed by atoms with E-state index in [4.69, 9.17) is 19.1 Å². The number of para-hydroxylation sites is 2. The fraction of sp³-hybridized carbons (Fsp3) is 0.476. The summed E-state index contributed by atoms with van der Waals surface area (Å²) in [5, 5.41) is 0. The summed E-state index contributed by atoms with van der Waals surface area (Å²) in [4.78, 5) is 18.6. The number of fused-ring (bicyclic) bond motifs is 1. The molecule has 0 amide bonds. The van der Waals surface area contributed by atoms with Gasteiger partial charge >= 0.3 is 0 Å². The van der Waals surface area contributed by atoms with Gasteiger partial charge in [-0.05, 0) is 31.9 Å². The molecular weight excluding hydrogens is 354 g/mol. The van der Waals surface area contributed by atoms with Crippen LogP contribution in [-0.4, -0.2) is 54.3 Å². The van der Waals surface area contributed by atoms with Crippen LogP contribution < -0.4 is 9.80 Å². The molecule has 0 saturated carbocycles. The summed E-state index contributed by atoms with van der Waals surface area (Å²) in [5.41, 5.74) is 2.91. The molecule has 0 aliphatic carbocycles. The Kier molecular flexibility index (Phi) is 4.60. The Labute approximate surface area is 164 Å². The van der Waals surface area contributed by atoms with Gasteiger partial charge in [0.15, 0.2) is 5.58 Å². The van der Waals surface area contributed by atoms with Crippen molar-refractivity contribution in [3.63, 3.8) is 0 Å². The maximum absolute atomic E-state index is 5.92. The minimum atomic E-state index is 0.482. The molecule has 2 aromatic heterocycles. The second kappa shape index (κ2) is 7.39. The van der Waals surface area contributed by atoms with Crippen LogP contribution in [0.3, 0.4) is 0 Å². The van der Waals surface area contributed by atoms with Gasteiger partial charge in [0, 0.05) is 57.1 Å². The lowest BCUT2D eigenvalue weighted by Crippen LogP contribution is -2.47. The third-order valence-electron chi connectivity index (χ3n) is 5.64. The van der Waals surface area contributed by atoms with Crippen molar-refractivity contribution in [2.24, 2.45) is 0 Å². The topological polar surface area (TPSA) is 67.5 Å². The van der Waals surface area contributed by atoms with E-state index in [0.717, 1.165) is 80.7 Å². The molecule has 2 fully saturated rings. The predicted molar refractivity (Wildman–Crippen MR) is 108 cm³/mol. The molecule has 4 heterocycles. The fourth-order valence-corrected chi connectivity index (χ4v) is 4.06. The lowest BCUT2D eigenvalue weighted by molar-refractivity contribution is 0.0844. The van der Waals surface area contributed by atoms with Crippen molar-refractivity contribution in [2.75, 3.05) is 49.2 Å². The zero-order chi connectivity index (χ0) is 18.9. The smallest absolute Gasteiger partial charge is 0.298 e. The summed E-state index contributed by atoms with van der Waals surface area (Å²) < 4.78 is 11.4. The van der Waals surface area contributed by atoms with E-state index in [1.807, 2.05) is 31.2 Å². The number of nitrogens with zero attached hydrogens (tertiary/aromatic N) is 5. The zero-order valence-electron chi connectivity index (χ0n) is 16.2. The van der Waals surface area contributed by atoms with E-state index in [2.05, 4.69) is 20.9 Å². The maximum atomic E-state index is 5.92. The number of benzene rings is 1. The van der Waals surface area contributed by atoms with Gasteiger partial charge in [-0.15, -0.1) is 0 Å². The van der Waals surface area contributed by atoms with Crippen LogP contribution in [0.4, 0.5) is 11.8 Å². The molecule has 0 unspecified atom stereocenters. The van der Waals surface area contributed by atoms with E-state index in [1.54, 1.807) is 0 Å². The molecule has 7 nitrogen and oxygen atoms in total. The number of aryl methyl sites for hydroxylation is 1. The molecule has 3 aromatic rings. The van der Waals surface area contributed by atoms with Crippen LogP contribution >= 0.6 is 0 Å². The number of piperazine rings is 1. The van der Waals surface area contributed by atoms with Crippen LogP contribution in [-0.2, 0) is 4.74 Å². The molecule has 2 saturated heterocycles. The Morgan fingerprint density at radius 2 is 1.68 bits per heavy atom. The molecule has 0 radical (unpaired) electrons.